The third-order valence-corrected chi connectivity index (χ3v) is 3.38. The summed E-state index contributed by atoms with van der Waals surface area (Å²) >= 11 is 0. The fourth-order valence-electron chi connectivity index (χ4n) is 2.50. The van der Waals surface area contributed by atoms with E-state index in [4.69, 9.17) is 9.47 Å². The molecular formula is C14H21FN2O2. The highest BCUT2D eigenvalue weighted by molar-refractivity contribution is 5.31. The molecule has 2 unspecified atom stereocenters. The van der Waals surface area contributed by atoms with Gasteiger partial charge < -0.3 is 19.7 Å². The van der Waals surface area contributed by atoms with Crippen molar-refractivity contribution in [1.82, 2.24) is 10.2 Å². The van der Waals surface area contributed by atoms with Crippen LogP contribution in [-0.4, -0.2) is 51.9 Å². The Kier molecular flexibility index (Phi) is 4.74. The van der Waals surface area contributed by atoms with Gasteiger partial charge in [-0.2, -0.15) is 0 Å². The van der Waals surface area contributed by atoms with Crippen LogP contribution in [0.25, 0.3) is 0 Å². The van der Waals surface area contributed by atoms with Crippen molar-refractivity contribution in [2.75, 3.05) is 40.9 Å². The van der Waals surface area contributed by atoms with E-state index in [0.29, 0.717) is 6.61 Å². The molecule has 0 saturated carbocycles. The molecule has 1 heterocycles. The van der Waals surface area contributed by atoms with E-state index in [1.165, 1.54) is 13.2 Å². The lowest BCUT2D eigenvalue weighted by molar-refractivity contribution is -0.0212. The summed E-state index contributed by atoms with van der Waals surface area (Å²) in [6, 6.07) is 5.11. The van der Waals surface area contributed by atoms with E-state index in [-0.39, 0.29) is 23.7 Å². The highest BCUT2D eigenvalue weighted by Crippen LogP contribution is 2.28. The molecule has 0 aromatic heterocycles. The van der Waals surface area contributed by atoms with E-state index in [1.807, 2.05) is 20.2 Å². The van der Waals surface area contributed by atoms with Gasteiger partial charge in [0.25, 0.3) is 0 Å². The second kappa shape index (κ2) is 6.32. The van der Waals surface area contributed by atoms with Crippen LogP contribution < -0.4 is 10.1 Å². The summed E-state index contributed by atoms with van der Waals surface area (Å²) in [6.45, 7) is 2.33. The lowest BCUT2D eigenvalue weighted by Gasteiger charge is -2.35. The predicted octanol–water partition coefficient (Wildman–Crippen LogP) is 1.43. The maximum Gasteiger partial charge on any atom is 0.165 e. The number of halogens is 1. The number of methoxy groups -OCH3 is 1. The average molecular weight is 268 g/mol. The minimum Gasteiger partial charge on any atom is -0.494 e. The van der Waals surface area contributed by atoms with Gasteiger partial charge in [-0.15, -0.1) is 0 Å². The maximum atomic E-state index is 13.8. The molecule has 106 valence electrons. The molecule has 0 aliphatic carbocycles. The first-order chi connectivity index (χ1) is 9.13. The highest BCUT2D eigenvalue weighted by atomic mass is 19.1. The molecule has 1 N–H and O–H groups in total. The van der Waals surface area contributed by atoms with Gasteiger partial charge in [-0.3, -0.25) is 0 Å². The second-order valence-corrected chi connectivity index (χ2v) is 4.92. The van der Waals surface area contributed by atoms with Gasteiger partial charge in [-0.1, -0.05) is 6.07 Å². The minimum absolute atomic E-state index is 0.0215. The molecule has 1 aliphatic rings. The monoisotopic (exact) mass is 268 g/mol. The quantitative estimate of drug-likeness (QED) is 0.895. The molecule has 1 saturated heterocycles. The largest absolute Gasteiger partial charge is 0.494 e. The Morgan fingerprint density at radius 2 is 2.26 bits per heavy atom. The summed E-state index contributed by atoms with van der Waals surface area (Å²) < 4.78 is 24.6. The fourth-order valence-corrected chi connectivity index (χ4v) is 2.50. The molecule has 1 aromatic rings. The molecule has 1 aromatic carbocycles. The number of nitrogens with one attached hydrogen (secondary N) is 1. The summed E-state index contributed by atoms with van der Waals surface area (Å²) in [7, 11) is 5.42. The first kappa shape index (κ1) is 14.2. The zero-order chi connectivity index (χ0) is 13.8. The zero-order valence-electron chi connectivity index (χ0n) is 11.6. The van der Waals surface area contributed by atoms with E-state index < -0.39 is 0 Å². The standard InChI is InChI=1S/C14H21FN2O2/c1-17(2)14(13-9-16-6-7-19-13)10-4-5-12(18-3)11(15)8-10/h4-5,8,13-14,16H,6-7,9H2,1-3H3. The van der Waals surface area contributed by atoms with Crippen molar-refractivity contribution in [3.63, 3.8) is 0 Å². The predicted molar refractivity (Wildman–Crippen MR) is 72.0 cm³/mol. The zero-order valence-corrected chi connectivity index (χ0v) is 11.6. The first-order valence-corrected chi connectivity index (χ1v) is 6.45. The molecule has 4 nitrogen and oxygen atoms in total. The van der Waals surface area contributed by atoms with E-state index in [2.05, 4.69) is 10.2 Å². The number of hydrogen-bond donors (Lipinski definition) is 1. The summed E-state index contributed by atoms with van der Waals surface area (Å²) in [6.07, 6.45) is 0.0246. The van der Waals surface area contributed by atoms with Crippen LogP contribution in [0, 0.1) is 5.82 Å². The van der Waals surface area contributed by atoms with Crippen LogP contribution in [0.4, 0.5) is 4.39 Å². The van der Waals surface area contributed by atoms with Crippen LogP contribution in [0.2, 0.25) is 0 Å². The Morgan fingerprint density at radius 1 is 1.47 bits per heavy atom. The highest BCUT2D eigenvalue weighted by Gasteiger charge is 2.28. The lowest BCUT2D eigenvalue weighted by Crippen LogP contribution is -2.45. The molecule has 0 radical (unpaired) electrons. The van der Waals surface area contributed by atoms with Crippen molar-refractivity contribution < 1.29 is 13.9 Å². The topological polar surface area (TPSA) is 33.7 Å². The van der Waals surface area contributed by atoms with Gasteiger partial charge in [0.2, 0.25) is 0 Å². The number of morpholine rings is 1. The Bertz CT molecular complexity index is 420. The molecule has 0 bridgehead atoms. The van der Waals surface area contributed by atoms with E-state index >= 15 is 0 Å². The number of rotatable bonds is 4. The maximum absolute atomic E-state index is 13.8. The molecule has 19 heavy (non-hydrogen) atoms. The van der Waals surface area contributed by atoms with Crippen LogP contribution >= 0.6 is 0 Å². The van der Waals surface area contributed by atoms with E-state index in [0.717, 1.165) is 18.7 Å². The molecule has 2 atom stereocenters. The number of nitrogens with zero attached hydrogens (tertiary/aromatic N) is 1. The SMILES string of the molecule is COc1ccc(C(C2CNCCO2)N(C)C)cc1F. The van der Waals surface area contributed by atoms with Crippen LogP contribution in [0.1, 0.15) is 11.6 Å². The minimum atomic E-state index is -0.337. The summed E-state index contributed by atoms with van der Waals surface area (Å²) in [5.41, 5.74) is 0.900. The lowest BCUT2D eigenvalue weighted by atomic mass is 9.99. The summed E-state index contributed by atoms with van der Waals surface area (Å²) in [5.74, 6) is -0.0698. The first-order valence-electron chi connectivity index (χ1n) is 6.45. The third-order valence-electron chi connectivity index (χ3n) is 3.38. The Labute approximate surface area is 113 Å². The second-order valence-electron chi connectivity index (χ2n) is 4.92. The molecule has 0 amide bonds. The third kappa shape index (κ3) is 3.23. The number of ether oxygens (including phenoxy) is 2. The van der Waals surface area contributed by atoms with Crippen molar-refractivity contribution in [2.24, 2.45) is 0 Å². The van der Waals surface area contributed by atoms with Crippen LogP contribution in [0.3, 0.4) is 0 Å². The van der Waals surface area contributed by atoms with Gasteiger partial charge in [0.05, 0.1) is 25.9 Å². The normalized spacial score (nSPS) is 21.4. The number of benzene rings is 1. The molecule has 0 spiro atoms. The Hall–Kier alpha value is -1.17. The van der Waals surface area contributed by atoms with E-state index in [1.54, 1.807) is 6.07 Å². The van der Waals surface area contributed by atoms with E-state index in [9.17, 15) is 4.39 Å². The summed E-state index contributed by atoms with van der Waals surface area (Å²) in [4.78, 5) is 2.05. The smallest absolute Gasteiger partial charge is 0.165 e. The molecule has 1 fully saturated rings. The molecule has 5 heteroatoms. The van der Waals surface area contributed by atoms with Gasteiger partial charge in [0.15, 0.2) is 11.6 Å². The van der Waals surface area contributed by atoms with Gasteiger partial charge in [0, 0.05) is 13.1 Å². The Morgan fingerprint density at radius 3 is 2.79 bits per heavy atom. The van der Waals surface area contributed by atoms with Crippen molar-refractivity contribution in [3.8, 4) is 5.75 Å². The van der Waals surface area contributed by atoms with Crippen molar-refractivity contribution >= 4 is 0 Å². The van der Waals surface area contributed by atoms with Gasteiger partial charge in [-0.05, 0) is 31.8 Å². The van der Waals surface area contributed by atoms with Crippen molar-refractivity contribution in [2.45, 2.75) is 12.1 Å². The fraction of sp³-hybridized carbons (Fsp3) is 0.571. The molecule has 1 aliphatic heterocycles. The molecular weight excluding hydrogens is 247 g/mol. The van der Waals surface area contributed by atoms with Gasteiger partial charge in [-0.25, -0.2) is 4.39 Å². The van der Waals surface area contributed by atoms with Crippen LogP contribution in [-0.2, 0) is 4.74 Å². The van der Waals surface area contributed by atoms with Crippen LogP contribution in [0.5, 0.6) is 5.75 Å². The average Bonchev–Trinajstić information content (AvgIpc) is 2.40. The Balaban J connectivity index is 2.25. The van der Waals surface area contributed by atoms with Crippen LogP contribution in [0.15, 0.2) is 18.2 Å². The van der Waals surface area contributed by atoms with Gasteiger partial charge in [0.1, 0.15) is 0 Å². The van der Waals surface area contributed by atoms with Gasteiger partial charge >= 0.3 is 0 Å². The summed E-state index contributed by atoms with van der Waals surface area (Å²) in [5, 5.41) is 3.31. The molecule has 2 rings (SSSR count). The number of likely N-dealkylation sites (N-methyl/N-ethyl adjacent to an activating group) is 1. The van der Waals surface area contributed by atoms with Crippen molar-refractivity contribution in [3.05, 3.63) is 29.6 Å². The number of hydrogen-bond acceptors (Lipinski definition) is 4. The van der Waals surface area contributed by atoms with Crippen molar-refractivity contribution in [1.29, 1.82) is 0 Å².